The SMILES string of the molecule is O=S(=O)(NCCOc1ccccc1)c1cc(Cl)ccc1Cl. The number of sulfonamides is 1. The second-order valence-corrected chi connectivity index (χ2v) is 6.71. The Morgan fingerprint density at radius 3 is 2.48 bits per heavy atom. The highest BCUT2D eigenvalue weighted by atomic mass is 35.5. The number of rotatable bonds is 6. The van der Waals surface area contributed by atoms with Gasteiger partial charge in [0.2, 0.25) is 10.0 Å². The average Bonchev–Trinajstić information content (AvgIpc) is 2.47. The summed E-state index contributed by atoms with van der Waals surface area (Å²) in [6.45, 7) is 0.335. The molecule has 2 rings (SSSR count). The maximum Gasteiger partial charge on any atom is 0.242 e. The van der Waals surface area contributed by atoms with E-state index in [0.29, 0.717) is 10.8 Å². The van der Waals surface area contributed by atoms with Crippen molar-refractivity contribution in [1.29, 1.82) is 0 Å². The minimum absolute atomic E-state index is 0.0450. The molecule has 0 aliphatic rings. The van der Waals surface area contributed by atoms with Crippen LogP contribution in [-0.4, -0.2) is 21.6 Å². The second-order valence-electron chi connectivity index (χ2n) is 4.13. The molecule has 7 heteroatoms. The van der Waals surface area contributed by atoms with Crippen LogP contribution in [-0.2, 0) is 10.0 Å². The van der Waals surface area contributed by atoms with Gasteiger partial charge in [0, 0.05) is 11.6 Å². The summed E-state index contributed by atoms with van der Waals surface area (Å²) in [5.41, 5.74) is 0. The number of benzene rings is 2. The summed E-state index contributed by atoms with van der Waals surface area (Å²) in [7, 11) is -3.71. The Labute approximate surface area is 133 Å². The Hall–Kier alpha value is -1.27. The van der Waals surface area contributed by atoms with Gasteiger partial charge in [0.15, 0.2) is 0 Å². The van der Waals surface area contributed by atoms with Crippen molar-refractivity contribution in [3.8, 4) is 5.75 Å². The Morgan fingerprint density at radius 1 is 1.05 bits per heavy atom. The minimum atomic E-state index is -3.71. The molecule has 0 amide bonds. The molecule has 0 unspecified atom stereocenters. The largest absolute Gasteiger partial charge is 0.492 e. The zero-order chi connectivity index (χ0) is 15.3. The van der Waals surface area contributed by atoms with Gasteiger partial charge in [-0.15, -0.1) is 0 Å². The molecule has 112 valence electrons. The first-order valence-electron chi connectivity index (χ1n) is 6.11. The molecule has 0 spiro atoms. The molecule has 0 bridgehead atoms. The van der Waals surface area contributed by atoms with Crippen LogP contribution < -0.4 is 9.46 Å². The number of nitrogens with one attached hydrogen (secondary N) is 1. The standard InChI is InChI=1S/C14H13Cl2NO3S/c15-11-6-7-13(16)14(10-11)21(18,19)17-8-9-20-12-4-2-1-3-5-12/h1-7,10,17H,8-9H2. The summed E-state index contributed by atoms with van der Waals surface area (Å²) in [6.07, 6.45) is 0. The van der Waals surface area contributed by atoms with Crippen LogP contribution in [0, 0.1) is 0 Å². The molecule has 21 heavy (non-hydrogen) atoms. The van der Waals surface area contributed by atoms with Crippen LogP contribution in [0.25, 0.3) is 0 Å². The average molecular weight is 346 g/mol. The van der Waals surface area contributed by atoms with Crippen LogP contribution in [0.1, 0.15) is 0 Å². The van der Waals surface area contributed by atoms with Crippen molar-refractivity contribution in [1.82, 2.24) is 4.72 Å². The van der Waals surface area contributed by atoms with Gasteiger partial charge in [-0.05, 0) is 30.3 Å². The smallest absolute Gasteiger partial charge is 0.242 e. The number of ether oxygens (including phenoxy) is 1. The zero-order valence-corrected chi connectivity index (χ0v) is 13.3. The maximum atomic E-state index is 12.1. The van der Waals surface area contributed by atoms with E-state index < -0.39 is 10.0 Å². The lowest BCUT2D eigenvalue weighted by Crippen LogP contribution is -2.28. The Balaban J connectivity index is 1.94. The van der Waals surface area contributed by atoms with E-state index in [-0.39, 0.29) is 23.1 Å². The summed E-state index contributed by atoms with van der Waals surface area (Å²) in [5, 5.41) is 0.427. The topological polar surface area (TPSA) is 55.4 Å². The molecule has 0 aromatic heterocycles. The molecule has 1 N–H and O–H groups in total. The molecule has 0 aliphatic heterocycles. The highest BCUT2D eigenvalue weighted by molar-refractivity contribution is 7.89. The molecule has 2 aromatic carbocycles. The second kappa shape index (κ2) is 7.13. The number of hydrogen-bond acceptors (Lipinski definition) is 3. The van der Waals surface area contributed by atoms with Crippen LogP contribution in [0.5, 0.6) is 5.75 Å². The lowest BCUT2D eigenvalue weighted by Gasteiger charge is -2.10. The highest BCUT2D eigenvalue weighted by Gasteiger charge is 2.17. The van der Waals surface area contributed by atoms with E-state index >= 15 is 0 Å². The monoisotopic (exact) mass is 345 g/mol. The van der Waals surface area contributed by atoms with Gasteiger partial charge in [-0.3, -0.25) is 0 Å². The molecule has 4 nitrogen and oxygen atoms in total. The van der Waals surface area contributed by atoms with Gasteiger partial charge in [0.1, 0.15) is 17.3 Å². The summed E-state index contributed by atoms with van der Waals surface area (Å²) >= 11 is 11.7. The van der Waals surface area contributed by atoms with Gasteiger partial charge in [0.05, 0.1) is 5.02 Å². The van der Waals surface area contributed by atoms with Crippen LogP contribution in [0.15, 0.2) is 53.4 Å². The van der Waals surface area contributed by atoms with Crippen LogP contribution in [0.3, 0.4) is 0 Å². The first-order valence-corrected chi connectivity index (χ1v) is 8.35. The first kappa shape index (κ1) is 16.1. The van der Waals surface area contributed by atoms with E-state index in [1.54, 1.807) is 12.1 Å². The highest BCUT2D eigenvalue weighted by Crippen LogP contribution is 2.24. The van der Waals surface area contributed by atoms with Crippen LogP contribution in [0.4, 0.5) is 0 Å². The number of hydrogen-bond donors (Lipinski definition) is 1. The van der Waals surface area contributed by atoms with Gasteiger partial charge >= 0.3 is 0 Å². The predicted molar refractivity (Wildman–Crippen MR) is 83.6 cm³/mol. The van der Waals surface area contributed by atoms with Crippen molar-refractivity contribution < 1.29 is 13.2 Å². The lowest BCUT2D eigenvalue weighted by atomic mass is 10.3. The van der Waals surface area contributed by atoms with Crippen LogP contribution in [0.2, 0.25) is 10.0 Å². The molecule has 0 atom stereocenters. The summed E-state index contributed by atoms with van der Waals surface area (Å²) in [5.74, 6) is 0.678. The Bertz CT molecular complexity index is 705. The molecular formula is C14H13Cl2NO3S. The van der Waals surface area contributed by atoms with Crippen molar-refractivity contribution in [2.75, 3.05) is 13.2 Å². The van der Waals surface area contributed by atoms with E-state index in [0.717, 1.165) is 0 Å². The van der Waals surface area contributed by atoms with E-state index in [1.807, 2.05) is 18.2 Å². The molecular weight excluding hydrogens is 333 g/mol. The van der Waals surface area contributed by atoms with Crippen molar-refractivity contribution in [2.24, 2.45) is 0 Å². The first-order chi connectivity index (χ1) is 9.99. The van der Waals surface area contributed by atoms with E-state index in [9.17, 15) is 8.42 Å². The summed E-state index contributed by atoms with van der Waals surface area (Å²) in [6, 6.07) is 13.4. The predicted octanol–water partition coefficient (Wildman–Crippen LogP) is 3.35. The molecule has 0 saturated carbocycles. The van der Waals surface area contributed by atoms with E-state index in [1.165, 1.54) is 18.2 Å². The Morgan fingerprint density at radius 2 is 1.76 bits per heavy atom. The fourth-order valence-electron chi connectivity index (χ4n) is 1.62. The van der Waals surface area contributed by atoms with Gasteiger partial charge < -0.3 is 4.74 Å². The number of para-hydroxylation sites is 1. The third kappa shape index (κ3) is 4.61. The fraction of sp³-hybridized carbons (Fsp3) is 0.143. The zero-order valence-electron chi connectivity index (χ0n) is 10.9. The van der Waals surface area contributed by atoms with Crippen molar-refractivity contribution in [3.63, 3.8) is 0 Å². The molecule has 0 saturated heterocycles. The molecule has 0 fully saturated rings. The summed E-state index contributed by atoms with van der Waals surface area (Å²) < 4.78 is 32.0. The normalized spacial score (nSPS) is 11.3. The molecule has 0 aliphatic carbocycles. The van der Waals surface area contributed by atoms with Crippen LogP contribution >= 0.6 is 23.2 Å². The van der Waals surface area contributed by atoms with Crippen molar-refractivity contribution in [2.45, 2.75) is 4.90 Å². The number of halogens is 2. The molecule has 0 radical (unpaired) electrons. The lowest BCUT2D eigenvalue weighted by molar-refractivity contribution is 0.323. The third-order valence-corrected chi connectivity index (χ3v) is 4.77. The minimum Gasteiger partial charge on any atom is -0.492 e. The van der Waals surface area contributed by atoms with Crippen molar-refractivity contribution >= 4 is 33.2 Å². The quantitative estimate of drug-likeness (QED) is 0.816. The molecule has 0 heterocycles. The fourth-order valence-corrected chi connectivity index (χ4v) is 3.40. The van der Waals surface area contributed by atoms with Gasteiger partial charge in [-0.25, -0.2) is 13.1 Å². The maximum absolute atomic E-state index is 12.1. The van der Waals surface area contributed by atoms with Crippen molar-refractivity contribution in [3.05, 3.63) is 58.6 Å². The summed E-state index contributed by atoms with van der Waals surface area (Å²) in [4.78, 5) is -0.0450. The third-order valence-electron chi connectivity index (χ3n) is 2.59. The van der Waals surface area contributed by atoms with Gasteiger partial charge in [-0.2, -0.15) is 0 Å². The van der Waals surface area contributed by atoms with E-state index in [2.05, 4.69) is 4.72 Å². The van der Waals surface area contributed by atoms with Gasteiger partial charge in [0.25, 0.3) is 0 Å². The molecule has 2 aromatic rings. The van der Waals surface area contributed by atoms with Gasteiger partial charge in [-0.1, -0.05) is 41.4 Å². The van der Waals surface area contributed by atoms with E-state index in [4.69, 9.17) is 27.9 Å². The Kier molecular flexibility index (Phi) is 5.47.